The fourth-order valence-corrected chi connectivity index (χ4v) is 2.60. The summed E-state index contributed by atoms with van der Waals surface area (Å²) in [7, 11) is 0. The quantitative estimate of drug-likeness (QED) is 0.806. The zero-order chi connectivity index (χ0) is 11.4. The monoisotopic (exact) mass is 238 g/mol. The second-order valence-corrected chi connectivity index (χ2v) is 5.28. The first kappa shape index (κ1) is 11.7. The molecule has 2 rings (SSSR count). The average Bonchev–Trinajstić information content (AvgIpc) is 2.28. The Morgan fingerprint density at radius 2 is 2.31 bits per heavy atom. The summed E-state index contributed by atoms with van der Waals surface area (Å²) in [6, 6.07) is 3.81. The van der Waals surface area contributed by atoms with Crippen LogP contribution in [-0.4, -0.2) is 11.5 Å². The lowest BCUT2D eigenvalue weighted by molar-refractivity contribution is 0.293. The van der Waals surface area contributed by atoms with Gasteiger partial charge in [-0.2, -0.15) is 0 Å². The molecule has 1 saturated carbocycles. The SMILES string of the molecule is CC1CCCC(CNc2ccc(Cl)nc2)C1. The molecule has 1 N–H and O–H groups in total. The number of nitrogens with one attached hydrogen (secondary N) is 1. The molecule has 0 radical (unpaired) electrons. The van der Waals surface area contributed by atoms with Crippen LogP contribution in [0, 0.1) is 11.8 Å². The van der Waals surface area contributed by atoms with Gasteiger partial charge in [-0.15, -0.1) is 0 Å². The Bertz CT molecular complexity index is 323. The molecule has 2 atom stereocenters. The maximum Gasteiger partial charge on any atom is 0.129 e. The summed E-state index contributed by atoms with van der Waals surface area (Å²) >= 11 is 5.74. The number of hydrogen-bond acceptors (Lipinski definition) is 2. The van der Waals surface area contributed by atoms with Crippen molar-refractivity contribution in [3.63, 3.8) is 0 Å². The molecule has 0 saturated heterocycles. The van der Waals surface area contributed by atoms with E-state index in [9.17, 15) is 0 Å². The minimum absolute atomic E-state index is 0.553. The molecule has 88 valence electrons. The molecule has 1 heterocycles. The summed E-state index contributed by atoms with van der Waals surface area (Å²) in [5, 5.41) is 3.99. The predicted molar refractivity (Wildman–Crippen MR) is 68.9 cm³/mol. The molecule has 1 aliphatic carbocycles. The Hall–Kier alpha value is -0.760. The molecule has 0 aliphatic heterocycles. The predicted octanol–water partition coefficient (Wildman–Crippen LogP) is 3.97. The normalized spacial score (nSPS) is 25.4. The van der Waals surface area contributed by atoms with E-state index in [1.54, 1.807) is 6.20 Å². The van der Waals surface area contributed by atoms with E-state index in [0.29, 0.717) is 5.15 Å². The van der Waals surface area contributed by atoms with Crippen LogP contribution < -0.4 is 5.32 Å². The van der Waals surface area contributed by atoms with Gasteiger partial charge in [0.15, 0.2) is 0 Å². The van der Waals surface area contributed by atoms with Crippen molar-refractivity contribution in [2.75, 3.05) is 11.9 Å². The number of pyridine rings is 1. The van der Waals surface area contributed by atoms with E-state index >= 15 is 0 Å². The first-order valence-corrected chi connectivity index (χ1v) is 6.47. The summed E-state index contributed by atoms with van der Waals surface area (Å²) in [5.74, 6) is 1.71. The smallest absolute Gasteiger partial charge is 0.129 e. The minimum atomic E-state index is 0.553. The summed E-state index contributed by atoms with van der Waals surface area (Å²) in [6.45, 7) is 3.42. The molecule has 1 aromatic rings. The highest BCUT2D eigenvalue weighted by Gasteiger charge is 2.18. The van der Waals surface area contributed by atoms with Gasteiger partial charge in [-0.3, -0.25) is 0 Å². The van der Waals surface area contributed by atoms with Gasteiger partial charge in [0, 0.05) is 6.54 Å². The van der Waals surface area contributed by atoms with Gasteiger partial charge in [0.05, 0.1) is 11.9 Å². The summed E-state index contributed by atoms with van der Waals surface area (Å²) in [4.78, 5) is 4.06. The minimum Gasteiger partial charge on any atom is -0.384 e. The Morgan fingerprint density at radius 3 is 3.00 bits per heavy atom. The van der Waals surface area contributed by atoms with Crippen LogP contribution >= 0.6 is 11.6 Å². The fraction of sp³-hybridized carbons (Fsp3) is 0.615. The van der Waals surface area contributed by atoms with Crippen LogP contribution in [0.3, 0.4) is 0 Å². The molecule has 1 aliphatic rings. The first-order valence-electron chi connectivity index (χ1n) is 6.09. The van der Waals surface area contributed by atoms with Crippen molar-refractivity contribution in [2.24, 2.45) is 11.8 Å². The second-order valence-electron chi connectivity index (χ2n) is 4.89. The maximum absolute atomic E-state index is 5.74. The lowest BCUT2D eigenvalue weighted by Gasteiger charge is -2.27. The highest BCUT2D eigenvalue weighted by molar-refractivity contribution is 6.29. The van der Waals surface area contributed by atoms with Gasteiger partial charge in [-0.25, -0.2) is 4.98 Å². The molecule has 1 aromatic heterocycles. The van der Waals surface area contributed by atoms with Gasteiger partial charge in [0.1, 0.15) is 5.15 Å². The third-order valence-corrected chi connectivity index (χ3v) is 3.59. The van der Waals surface area contributed by atoms with Crippen molar-refractivity contribution in [3.05, 3.63) is 23.5 Å². The van der Waals surface area contributed by atoms with Crippen LogP contribution in [-0.2, 0) is 0 Å². The van der Waals surface area contributed by atoms with E-state index in [1.807, 2.05) is 12.1 Å². The van der Waals surface area contributed by atoms with Crippen molar-refractivity contribution in [3.8, 4) is 0 Å². The van der Waals surface area contributed by atoms with Crippen LogP contribution in [0.5, 0.6) is 0 Å². The fourth-order valence-electron chi connectivity index (χ4n) is 2.49. The largest absolute Gasteiger partial charge is 0.384 e. The Labute approximate surface area is 102 Å². The highest BCUT2D eigenvalue weighted by Crippen LogP contribution is 2.28. The van der Waals surface area contributed by atoms with Crippen LogP contribution in [0.2, 0.25) is 5.15 Å². The summed E-state index contributed by atoms with van der Waals surface area (Å²) in [5.41, 5.74) is 1.07. The highest BCUT2D eigenvalue weighted by atomic mass is 35.5. The van der Waals surface area contributed by atoms with Crippen LogP contribution in [0.15, 0.2) is 18.3 Å². The zero-order valence-corrected chi connectivity index (χ0v) is 10.5. The molecule has 3 heteroatoms. The molecule has 0 amide bonds. The number of halogens is 1. The van der Waals surface area contributed by atoms with Crippen LogP contribution in [0.4, 0.5) is 5.69 Å². The third-order valence-electron chi connectivity index (χ3n) is 3.37. The maximum atomic E-state index is 5.74. The van der Waals surface area contributed by atoms with E-state index in [1.165, 1.54) is 25.7 Å². The van der Waals surface area contributed by atoms with E-state index in [-0.39, 0.29) is 0 Å². The Kier molecular flexibility index (Phi) is 4.05. The standard InChI is InChI=1S/C13H19ClN2/c1-10-3-2-4-11(7-10)8-15-12-5-6-13(14)16-9-12/h5-6,9-11,15H,2-4,7-8H2,1H3. The van der Waals surface area contributed by atoms with Crippen molar-refractivity contribution in [1.82, 2.24) is 4.98 Å². The van der Waals surface area contributed by atoms with Crippen molar-refractivity contribution in [2.45, 2.75) is 32.6 Å². The van der Waals surface area contributed by atoms with Gasteiger partial charge in [-0.05, 0) is 36.8 Å². The van der Waals surface area contributed by atoms with E-state index in [2.05, 4.69) is 17.2 Å². The lowest BCUT2D eigenvalue weighted by atomic mass is 9.82. The topological polar surface area (TPSA) is 24.9 Å². The number of rotatable bonds is 3. The van der Waals surface area contributed by atoms with E-state index in [0.717, 1.165) is 24.1 Å². The van der Waals surface area contributed by atoms with Gasteiger partial charge < -0.3 is 5.32 Å². The zero-order valence-electron chi connectivity index (χ0n) is 9.75. The molecule has 16 heavy (non-hydrogen) atoms. The van der Waals surface area contributed by atoms with E-state index < -0.39 is 0 Å². The van der Waals surface area contributed by atoms with Crippen molar-refractivity contribution < 1.29 is 0 Å². The molecule has 2 unspecified atom stereocenters. The first-order chi connectivity index (χ1) is 7.74. The number of anilines is 1. The van der Waals surface area contributed by atoms with Gasteiger partial charge >= 0.3 is 0 Å². The molecule has 0 spiro atoms. The summed E-state index contributed by atoms with van der Waals surface area (Å²) < 4.78 is 0. The molecule has 0 aromatic carbocycles. The average molecular weight is 239 g/mol. The van der Waals surface area contributed by atoms with Crippen LogP contribution in [0.1, 0.15) is 32.6 Å². The molecule has 1 fully saturated rings. The Balaban J connectivity index is 1.80. The third kappa shape index (κ3) is 3.38. The number of aromatic nitrogens is 1. The van der Waals surface area contributed by atoms with Gasteiger partial charge in [0.2, 0.25) is 0 Å². The summed E-state index contributed by atoms with van der Waals surface area (Å²) in [6.07, 6.45) is 7.30. The molecule has 0 bridgehead atoms. The van der Waals surface area contributed by atoms with Crippen molar-refractivity contribution >= 4 is 17.3 Å². The molecule has 2 nitrogen and oxygen atoms in total. The Morgan fingerprint density at radius 1 is 1.44 bits per heavy atom. The lowest BCUT2D eigenvalue weighted by Crippen LogP contribution is -2.21. The van der Waals surface area contributed by atoms with E-state index in [4.69, 9.17) is 11.6 Å². The second kappa shape index (κ2) is 5.53. The molecular formula is C13H19ClN2. The van der Waals surface area contributed by atoms with Gasteiger partial charge in [-0.1, -0.05) is 31.4 Å². The number of hydrogen-bond donors (Lipinski definition) is 1. The van der Waals surface area contributed by atoms with Gasteiger partial charge in [0.25, 0.3) is 0 Å². The number of nitrogens with zero attached hydrogens (tertiary/aromatic N) is 1. The molecular weight excluding hydrogens is 220 g/mol. The van der Waals surface area contributed by atoms with Crippen molar-refractivity contribution in [1.29, 1.82) is 0 Å². The van der Waals surface area contributed by atoms with Crippen LogP contribution in [0.25, 0.3) is 0 Å².